The monoisotopic (exact) mass is 454 g/mol. The summed E-state index contributed by atoms with van der Waals surface area (Å²) in [5.41, 5.74) is 3.38. The van der Waals surface area contributed by atoms with Crippen LogP contribution in [0.4, 0.5) is 4.79 Å². The van der Waals surface area contributed by atoms with Crippen LogP contribution in [-0.4, -0.2) is 46.4 Å². The Balaban J connectivity index is 1.83. The second-order valence-corrected chi connectivity index (χ2v) is 8.98. The van der Waals surface area contributed by atoms with Crippen molar-refractivity contribution < 1.29 is 24.2 Å². The van der Waals surface area contributed by atoms with E-state index in [0.717, 1.165) is 16.3 Å². The number of hydrogen-bond donors (Lipinski definition) is 4. The molecule has 2 unspecified atom stereocenters. The van der Waals surface area contributed by atoms with Crippen LogP contribution in [-0.2, 0) is 20.7 Å². The number of amides is 2. The van der Waals surface area contributed by atoms with Crippen molar-refractivity contribution in [3.05, 3.63) is 59.9 Å². The molecule has 2 aromatic rings. The molecule has 2 aromatic carbocycles. The standard InChI is InChI=1S/C24H30N4O5/c1-15(29)25-13-19(22(30)31)20-14-28(27-23(32)33-24(2,3)4)21(26-20)12-16-9-10-17-7-5-6-8-18(17)11-16/h5-11,14,19,21,26H,12-13H2,1-4H3,(H,25,29)(H,27,32)(H,30,31). The minimum Gasteiger partial charge on any atom is -0.481 e. The number of fused-ring (bicyclic) bond motifs is 1. The number of rotatable bonds is 7. The summed E-state index contributed by atoms with van der Waals surface area (Å²) in [5, 5.41) is 19.2. The molecule has 2 amide bonds. The van der Waals surface area contributed by atoms with Crippen LogP contribution in [0.2, 0.25) is 0 Å². The van der Waals surface area contributed by atoms with E-state index >= 15 is 0 Å². The first-order valence-corrected chi connectivity index (χ1v) is 10.7. The normalized spacial score (nSPS) is 16.5. The first-order valence-electron chi connectivity index (χ1n) is 10.7. The lowest BCUT2D eigenvalue weighted by molar-refractivity contribution is -0.140. The molecule has 0 spiro atoms. The predicted molar refractivity (Wildman–Crippen MR) is 124 cm³/mol. The number of nitrogens with one attached hydrogen (secondary N) is 3. The van der Waals surface area contributed by atoms with Crippen molar-refractivity contribution in [1.82, 2.24) is 21.1 Å². The van der Waals surface area contributed by atoms with Gasteiger partial charge in [0.15, 0.2) is 0 Å². The van der Waals surface area contributed by atoms with Gasteiger partial charge in [-0.2, -0.15) is 0 Å². The number of carbonyl (C=O) groups excluding carboxylic acids is 2. The van der Waals surface area contributed by atoms with Crippen LogP contribution in [0.15, 0.2) is 54.4 Å². The molecule has 33 heavy (non-hydrogen) atoms. The zero-order valence-corrected chi connectivity index (χ0v) is 19.2. The lowest BCUT2D eigenvalue weighted by atomic mass is 10.0. The predicted octanol–water partition coefficient (Wildman–Crippen LogP) is 2.73. The Morgan fingerprint density at radius 2 is 1.85 bits per heavy atom. The first-order chi connectivity index (χ1) is 15.5. The summed E-state index contributed by atoms with van der Waals surface area (Å²) in [6.45, 7) is 6.53. The van der Waals surface area contributed by atoms with Crippen LogP contribution in [0.3, 0.4) is 0 Å². The Kier molecular flexibility index (Phi) is 7.10. The van der Waals surface area contributed by atoms with Gasteiger partial charge < -0.3 is 20.5 Å². The Morgan fingerprint density at radius 1 is 1.15 bits per heavy atom. The van der Waals surface area contributed by atoms with Crippen molar-refractivity contribution in [3.8, 4) is 0 Å². The molecular formula is C24H30N4O5. The number of carbonyl (C=O) groups is 3. The summed E-state index contributed by atoms with van der Waals surface area (Å²) < 4.78 is 5.36. The van der Waals surface area contributed by atoms with E-state index in [1.165, 1.54) is 18.1 Å². The fourth-order valence-corrected chi connectivity index (χ4v) is 3.56. The van der Waals surface area contributed by atoms with Gasteiger partial charge in [0.25, 0.3) is 0 Å². The quantitative estimate of drug-likeness (QED) is 0.508. The topological polar surface area (TPSA) is 120 Å². The number of hydrazine groups is 1. The molecule has 4 N–H and O–H groups in total. The van der Waals surface area contributed by atoms with Crippen molar-refractivity contribution in [2.24, 2.45) is 5.92 Å². The molecule has 1 heterocycles. The van der Waals surface area contributed by atoms with Crippen LogP contribution < -0.4 is 16.1 Å². The van der Waals surface area contributed by atoms with Crippen LogP contribution in [0.5, 0.6) is 0 Å². The molecule has 176 valence electrons. The summed E-state index contributed by atoms with van der Waals surface area (Å²) in [5.74, 6) is -2.42. The van der Waals surface area contributed by atoms with E-state index < -0.39 is 29.7 Å². The van der Waals surface area contributed by atoms with Crippen molar-refractivity contribution in [3.63, 3.8) is 0 Å². The number of carboxylic acids is 1. The van der Waals surface area contributed by atoms with Crippen LogP contribution in [0.1, 0.15) is 33.3 Å². The van der Waals surface area contributed by atoms with Crippen molar-refractivity contribution in [2.45, 2.75) is 45.9 Å². The molecular weight excluding hydrogens is 424 g/mol. The summed E-state index contributed by atoms with van der Waals surface area (Å²) in [7, 11) is 0. The van der Waals surface area contributed by atoms with Gasteiger partial charge in [-0.25, -0.2) is 10.2 Å². The number of aliphatic carboxylic acids is 1. The maximum absolute atomic E-state index is 12.4. The zero-order chi connectivity index (χ0) is 24.2. The Labute approximate surface area is 192 Å². The zero-order valence-electron chi connectivity index (χ0n) is 19.2. The van der Waals surface area contributed by atoms with Gasteiger partial charge in [-0.3, -0.25) is 14.6 Å². The third-order valence-corrected chi connectivity index (χ3v) is 5.04. The molecule has 0 radical (unpaired) electrons. The van der Waals surface area contributed by atoms with Crippen molar-refractivity contribution in [2.75, 3.05) is 6.54 Å². The minimum atomic E-state index is -1.09. The van der Waals surface area contributed by atoms with Crippen molar-refractivity contribution in [1.29, 1.82) is 0 Å². The smallest absolute Gasteiger partial charge is 0.426 e. The molecule has 1 aliphatic rings. The Hall–Kier alpha value is -3.75. The Bertz CT molecular complexity index is 1080. The van der Waals surface area contributed by atoms with Crippen LogP contribution >= 0.6 is 0 Å². The highest BCUT2D eigenvalue weighted by Gasteiger charge is 2.33. The lowest BCUT2D eigenvalue weighted by Crippen LogP contribution is -2.49. The van der Waals surface area contributed by atoms with Gasteiger partial charge in [-0.05, 0) is 37.1 Å². The molecule has 1 aliphatic heterocycles. The van der Waals surface area contributed by atoms with Gasteiger partial charge in [0.2, 0.25) is 5.91 Å². The number of hydrogen-bond acceptors (Lipinski definition) is 6. The van der Waals surface area contributed by atoms with Gasteiger partial charge in [0.1, 0.15) is 17.7 Å². The Morgan fingerprint density at radius 3 is 2.48 bits per heavy atom. The number of nitrogens with zero attached hydrogens (tertiary/aromatic N) is 1. The molecule has 0 bridgehead atoms. The van der Waals surface area contributed by atoms with E-state index in [4.69, 9.17) is 4.74 Å². The van der Waals surface area contributed by atoms with Gasteiger partial charge in [0.05, 0.1) is 0 Å². The summed E-state index contributed by atoms with van der Waals surface area (Å²) in [6.07, 6.45) is 0.912. The molecule has 3 rings (SSSR count). The maximum atomic E-state index is 12.4. The average molecular weight is 455 g/mol. The lowest BCUT2D eigenvalue weighted by Gasteiger charge is -2.28. The van der Waals surface area contributed by atoms with E-state index in [2.05, 4.69) is 22.1 Å². The third kappa shape index (κ3) is 6.61. The first kappa shape index (κ1) is 23.9. The molecule has 0 aromatic heterocycles. The molecule has 0 saturated carbocycles. The van der Waals surface area contributed by atoms with Gasteiger partial charge in [-0.15, -0.1) is 0 Å². The number of carboxylic acid groups (broad SMARTS) is 1. The molecule has 0 saturated heterocycles. The largest absolute Gasteiger partial charge is 0.481 e. The molecule has 0 aliphatic carbocycles. The van der Waals surface area contributed by atoms with Gasteiger partial charge in [0, 0.05) is 31.8 Å². The van der Waals surface area contributed by atoms with E-state index in [-0.39, 0.29) is 12.5 Å². The van der Waals surface area contributed by atoms with E-state index in [0.29, 0.717) is 12.1 Å². The third-order valence-electron chi connectivity index (χ3n) is 5.04. The van der Waals surface area contributed by atoms with Crippen LogP contribution in [0.25, 0.3) is 10.8 Å². The fraction of sp³-hybridized carbons (Fsp3) is 0.375. The van der Waals surface area contributed by atoms with E-state index in [9.17, 15) is 19.5 Å². The van der Waals surface area contributed by atoms with Crippen molar-refractivity contribution >= 4 is 28.7 Å². The number of ether oxygens (including phenoxy) is 1. The summed E-state index contributed by atoms with van der Waals surface area (Å²) in [4.78, 5) is 35.6. The van der Waals surface area contributed by atoms with E-state index in [1.807, 2.05) is 36.4 Å². The van der Waals surface area contributed by atoms with Crippen LogP contribution in [0, 0.1) is 5.92 Å². The highest BCUT2D eigenvalue weighted by atomic mass is 16.6. The number of benzene rings is 2. The molecule has 9 heteroatoms. The van der Waals surface area contributed by atoms with Gasteiger partial charge >= 0.3 is 12.1 Å². The summed E-state index contributed by atoms with van der Waals surface area (Å²) >= 11 is 0. The maximum Gasteiger partial charge on any atom is 0.426 e. The second-order valence-electron chi connectivity index (χ2n) is 8.98. The SMILES string of the molecule is CC(=O)NCC(C(=O)O)C1=CN(NC(=O)OC(C)(C)C)C(Cc2ccc3ccccc3c2)N1. The molecule has 9 nitrogen and oxygen atoms in total. The summed E-state index contributed by atoms with van der Waals surface area (Å²) in [6, 6.07) is 14.1. The molecule has 0 fully saturated rings. The van der Waals surface area contributed by atoms with Gasteiger partial charge in [-0.1, -0.05) is 42.5 Å². The highest BCUT2D eigenvalue weighted by Crippen LogP contribution is 2.22. The second kappa shape index (κ2) is 9.81. The minimum absolute atomic E-state index is 0.0769. The fourth-order valence-electron chi connectivity index (χ4n) is 3.56. The molecule has 2 atom stereocenters. The average Bonchev–Trinajstić information content (AvgIpc) is 3.07. The van der Waals surface area contributed by atoms with E-state index in [1.54, 1.807) is 20.8 Å². The highest BCUT2D eigenvalue weighted by molar-refractivity contribution is 5.83.